The molecule has 200 valence electrons. The second kappa shape index (κ2) is 14.4. The van der Waals surface area contributed by atoms with E-state index >= 15 is 0 Å². The Labute approximate surface area is 236 Å². The Morgan fingerprint density at radius 3 is 2.32 bits per heavy atom. The SMILES string of the molecule is Cc1ccccc1CSCC(=O)N(Cc1ccc(Cl)cc1)C(Cc1ccccc1)C(=O)NC1CCCCC1. The van der Waals surface area contributed by atoms with Crippen molar-refractivity contribution < 1.29 is 9.59 Å². The molecule has 1 saturated carbocycles. The number of thioether (sulfide) groups is 1. The Morgan fingerprint density at radius 1 is 0.921 bits per heavy atom. The highest BCUT2D eigenvalue weighted by Crippen LogP contribution is 2.22. The molecule has 1 aliphatic rings. The van der Waals surface area contributed by atoms with Crippen molar-refractivity contribution >= 4 is 35.2 Å². The third kappa shape index (κ3) is 8.37. The molecule has 4 rings (SSSR count). The average molecular weight is 549 g/mol. The van der Waals surface area contributed by atoms with Crippen LogP contribution in [-0.4, -0.2) is 34.6 Å². The minimum absolute atomic E-state index is 0.0294. The van der Waals surface area contributed by atoms with Gasteiger partial charge in [-0.2, -0.15) is 0 Å². The second-order valence-corrected chi connectivity index (χ2v) is 11.5. The molecule has 1 unspecified atom stereocenters. The van der Waals surface area contributed by atoms with Crippen LogP contribution >= 0.6 is 23.4 Å². The van der Waals surface area contributed by atoms with E-state index in [4.69, 9.17) is 11.6 Å². The molecule has 1 fully saturated rings. The summed E-state index contributed by atoms with van der Waals surface area (Å²) >= 11 is 7.73. The van der Waals surface area contributed by atoms with Crippen molar-refractivity contribution in [2.75, 3.05) is 5.75 Å². The maximum Gasteiger partial charge on any atom is 0.243 e. The third-order valence-corrected chi connectivity index (χ3v) is 8.45. The molecule has 4 nitrogen and oxygen atoms in total. The largest absolute Gasteiger partial charge is 0.352 e. The van der Waals surface area contributed by atoms with E-state index in [9.17, 15) is 9.59 Å². The summed E-state index contributed by atoms with van der Waals surface area (Å²) in [6.45, 7) is 2.45. The van der Waals surface area contributed by atoms with E-state index in [1.165, 1.54) is 17.5 Å². The van der Waals surface area contributed by atoms with Crippen molar-refractivity contribution in [2.24, 2.45) is 0 Å². The lowest BCUT2D eigenvalue weighted by Gasteiger charge is -2.33. The Balaban J connectivity index is 1.56. The molecular formula is C32H37ClN2O2S. The van der Waals surface area contributed by atoms with Gasteiger partial charge in [-0.25, -0.2) is 0 Å². The van der Waals surface area contributed by atoms with Gasteiger partial charge in [-0.3, -0.25) is 9.59 Å². The number of nitrogens with zero attached hydrogens (tertiary/aromatic N) is 1. The maximum absolute atomic E-state index is 13.8. The molecule has 6 heteroatoms. The van der Waals surface area contributed by atoms with Crippen LogP contribution in [0.2, 0.25) is 5.02 Å². The van der Waals surface area contributed by atoms with Gasteiger partial charge in [-0.15, -0.1) is 11.8 Å². The smallest absolute Gasteiger partial charge is 0.243 e. The highest BCUT2D eigenvalue weighted by Gasteiger charge is 2.31. The van der Waals surface area contributed by atoms with E-state index in [0.717, 1.165) is 42.6 Å². The Hall–Kier alpha value is -2.76. The number of nitrogens with one attached hydrogen (secondary N) is 1. The first-order valence-corrected chi connectivity index (χ1v) is 15.0. The Kier molecular flexibility index (Phi) is 10.7. The first-order valence-electron chi connectivity index (χ1n) is 13.5. The molecule has 1 atom stereocenters. The fraction of sp³-hybridized carbons (Fsp3) is 0.375. The normalized spacial score (nSPS) is 14.6. The van der Waals surface area contributed by atoms with E-state index in [-0.39, 0.29) is 17.9 Å². The average Bonchev–Trinajstić information content (AvgIpc) is 2.94. The first kappa shape index (κ1) is 28.3. The number of rotatable bonds is 11. The molecule has 1 aliphatic carbocycles. The van der Waals surface area contributed by atoms with Gasteiger partial charge in [0.25, 0.3) is 0 Å². The molecule has 0 aliphatic heterocycles. The molecule has 38 heavy (non-hydrogen) atoms. The fourth-order valence-corrected chi connectivity index (χ4v) is 6.10. The van der Waals surface area contributed by atoms with Crippen LogP contribution < -0.4 is 5.32 Å². The minimum atomic E-state index is -0.596. The molecule has 0 heterocycles. The van der Waals surface area contributed by atoms with Crippen molar-refractivity contribution in [3.05, 3.63) is 106 Å². The van der Waals surface area contributed by atoms with Crippen LogP contribution in [0, 0.1) is 6.92 Å². The molecule has 3 aromatic carbocycles. The summed E-state index contributed by atoms with van der Waals surface area (Å²) in [6.07, 6.45) is 5.97. The number of hydrogen-bond acceptors (Lipinski definition) is 3. The molecule has 0 spiro atoms. The summed E-state index contributed by atoms with van der Waals surface area (Å²) < 4.78 is 0. The van der Waals surface area contributed by atoms with E-state index < -0.39 is 6.04 Å². The maximum atomic E-state index is 13.8. The Morgan fingerprint density at radius 2 is 1.61 bits per heavy atom. The van der Waals surface area contributed by atoms with E-state index in [1.54, 1.807) is 16.7 Å². The number of aryl methyl sites for hydroxylation is 1. The van der Waals surface area contributed by atoms with Crippen LogP contribution in [0.15, 0.2) is 78.9 Å². The molecular weight excluding hydrogens is 512 g/mol. The van der Waals surface area contributed by atoms with Gasteiger partial charge in [-0.1, -0.05) is 97.6 Å². The van der Waals surface area contributed by atoms with Gasteiger partial charge in [0.15, 0.2) is 0 Å². The lowest BCUT2D eigenvalue weighted by atomic mass is 9.94. The van der Waals surface area contributed by atoms with Crippen molar-refractivity contribution in [1.82, 2.24) is 10.2 Å². The summed E-state index contributed by atoms with van der Waals surface area (Å²) in [5.74, 6) is 0.972. The van der Waals surface area contributed by atoms with Gasteiger partial charge in [0, 0.05) is 29.8 Å². The van der Waals surface area contributed by atoms with Crippen molar-refractivity contribution in [2.45, 2.75) is 69.8 Å². The summed E-state index contributed by atoms with van der Waals surface area (Å²) in [6, 6.07) is 25.4. The molecule has 0 aromatic heterocycles. The number of hydrogen-bond donors (Lipinski definition) is 1. The summed E-state index contributed by atoms with van der Waals surface area (Å²) in [5, 5.41) is 3.95. The predicted octanol–water partition coefficient (Wildman–Crippen LogP) is 6.97. The predicted molar refractivity (Wildman–Crippen MR) is 158 cm³/mol. The van der Waals surface area contributed by atoms with E-state index in [1.807, 2.05) is 66.7 Å². The van der Waals surface area contributed by atoms with Gasteiger partial charge >= 0.3 is 0 Å². The second-order valence-electron chi connectivity index (χ2n) is 10.1. The summed E-state index contributed by atoms with van der Waals surface area (Å²) in [4.78, 5) is 29.4. The number of amides is 2. The zero-order valence-corrected chi connectivity index (χ0v) is 23.6. The quantitative estimate of drug-likeness (QED) is 0.281. The van der Waals surface area contributed by atoms with E-state index in [2.05, 4.69) is 24.4 Å². The summed E-state index contributed by atoms with van der Waals surface area (Å²) in [5.41, 5.74) is 4.44. The van der Waals surface area contributed by atoms with Crippen LogP contribution in [0.4, 0.5) is 0 Å². The van der Waals surface area contributed by atoms with Crippen LogP contribution in [0.1, 0.15) is 54.4 Å². The van der Waals surface area contributed by atoms with Gasteiger partial charge < -0.3 is 10.2 Å². The van der Waals surface area contributed by atoms with Crippen molar-refractivity contribution in [3.63, 3.8) is 0 Å². The molecule has 0 radical (unpaired) electrons. The lowest BCUT2D eigenvalue weighted by Crippen LogP contribution is -2.53. The molecule has 1 N–H and O–H groups in total. The number of halogens is 1. The molecule has 2 amide bonds. The number of carbonyl (C=O) groups is 2. The topological polar surface area (TPSA) is 49.4 Å². The molecule has 0 saturated heterocycles. The zero-order valence-electron chi connectivity index (χ0n) is 22.1. The lowest BCUT2D eigenvalue weighted by molar-refractivity contribution is -0.139. The van der Waals surface area contributed by atoms with Crippen molar-refractivity contribution in [3.8, 4) is 0 Å². The Bertz CT molecular complexity index is 1180. The van der Waals surface area contributed by atoms with Crippen LogP contribution in [0.3, 0.4) is 0 Å². The highest BCUT2D eigenvalue weighted by atomic mass is 35.5. The highest BCUT2D eigenvalue weighted by molar-refractivity contribution is 7.99. The van der Waals surface area contributed by atoms with Gasteiger partial charge in [0.2, 0.25) is 11.8 Å². The van der Waals surface area contributed by atoms with Crippen LogP contribution in [-0.2, 0) is 28.3 Å². The van der Waals surface area contributed by atoms with Crippen LogP contribution in [0.25, 0.3) is 0 Å². The number of benzene rings is 3. The fourth-order valence-electron chi connectivity index (χ4n) is 4.99. The van der Waals surface area contributed by atoms with Gasteiger partial charge in [0.05, 0.1) is 5.75 Å². The summed E-state index contributed by atoms with van der Waals surface area (Å²) in [7, 11) is 0. The standard InChI is InChI=1S/C32H37ClN2O2S/c1-24-10-8-9-13-27(24)22-38-23-31(36)35(21-26-16-18-28(33)19-17-26)30(20-25-11-4-2-5-12-25)32(37)34-29-14-6-3-7-15-29/h2,4-5,8-13,16-19,29-30H,3,6-7,14-15,20-23H2,1H3,(H,34,37). The zero-order chi connectivity index (χ0) is 26.7. The minimum Gasteiger partial charge on any atom is -0.352 e. The van der Waals surface area contributed by atoms with Crippen molar-refractivity contribution in [1.29, 1.82) is 0 Å². The molecule has 3 aromatic rings. The first-order chi connectivity index (χ1) is 18.5. The number of carbonyl (C=O) groups excluding carboxylic acids is 2. The monoisotopic (exact) mass is 548 g/mol. The van der Waals surface area contributed by atoms with Crippen LogP contribution in [0.5, 0.6) is 0 Å². The third-order valence-electron chi connectivity index (χ3n) is 7.23. The molecule has 0 bridgehead atoms. The van der Waals surface area contributed by atoms with Gasteiger partial charge in [0.1, 0.15) is 6.04 Å². The van der Waals surface area contributed by atoms with Gasteiger partial charge in [-0.05, 0) is 54.2 Å². The van der Waals surface area contributed by atoms with E-state index in [0.29, 0.717) is 23.7 Å².